The van der Waals surface area contributed by atoms with Crippen molar-refractivity contribution in [1.29, 1.82) is 5.26 Å². The van der Waals surface area contributed by atoms with Crippen LogP contribution in [-0.4, -0.2) is 6.23 Å². The molecule has 25 heavy (non-hydrogen) atoms. The van der Waals surface area contributed by atoms with Gasteiger partial charge in [-0.15, -0.1) is 0 Å². The summed E-state index contributed by atoms with van der Waals surface area (Å²) < 4.78 is 5.99. The maximum Gasteiger partial charge on any atom is 0.184 e. The van der Waals surface area contributed by atoms with Crippen molar-refractivity contribution in [2.24, 2.45) is 5.73 Å². The second kappa shape index (κ2) is 6.07. The van der Waals surface area contributed by atoms with E-state index in [1.807, 2.05) is 24.3 Å². The molecular formula is C21H17ClN2O. The highest BCUT2D eigenvalue weighted by atomic mass is 35.5. The predicted molar refractivity (Wildman–Crippen MR) is 99.5 cm³/mol. The third kappa shape index (κ3) is 2.64. The molecule has 124 valence electrons. The minimum absolute atomic E-state index is 0.469. The number of nitrogens with zero attached hydrogens (tertiary/aromatic N) is 1. The summed E-state index contributed by atoms with van der Waals surface area (Å²) in [5, 5.41) is 10.3. The summed E-state index contributed by atoms with van der Waals surface area (Å²) in [6.45, 7) is 2.09. The monoisotopic (exact) mass is 348 g/mol. The Balaban J connectivity index is 1.95. The van der Waals surface area contributed by atoms with E-state index in [0.717, 1.165) is 40.9 Å². The SMILES string of the molecule is Cc1ccc2c(c1)CCC1=C2OC(N)C(C#N)=C1c1ccc(Cl)cc1. The van der Waals surface area contributed by atoms with Gasteiger partial charge in [-0.2, -0.15) is 5.26 Å². The molecule has 0 spiro atoms. The zero-order valence-electron chi connectivity index (χ0n) is 13.8. The number of nitriles is 1. The van der Waals surface area contributed by atoms with Gasteiger partial charge < -0.3 is 4.74 Å². The highest BCUT2D eigenvalue weighted by molar-refractivity contribution is 6.30. The van der Waals surface area contributed by atoms with Crippen LogP contribution in [0.15, 0.2) is 53.6 Å². The van der Waals surface area contributed by atoms with Crippen LogP contribution in [0.4, 0.5) is 0 Å². The molecule has 3 nitrogen and oxygen atoms in total. The van der Waals surface area contributed by atoms with Gasteiger partial charge in [0, 0.05) is 21.7 Å². The van der Waals surface area contributed by atoms with Gasteiger partial charge in [-0.1, -0.05) is 47.5 Å². The second-order valence-corrected chi connectivity index (χ2v) is 6.85. The summed E-state index contributed by atoms with van der Waals surface area (Å²) in [5.74, 6) is 0.803. The summed E-state index contributed by atoms with van der Waals surface area (Å²) in [5.41, 5.74) is 13.1. The molecule has 2 aromatic carbocycles. The molecule has 0 bridgehead atoms. The van der Waals surface area contributed by atoms with E-state index in [1.165, 1.54) is 11.1 Å². The van der Waals surface area contributed by atoms with Crippen LogP contribution < -0.4 is 5.73 Å². The summed E-state index contributed by atoms with van der Waals surface area (Å²) in [6, 6.07) is 16.1. The van der Waals surface area contributed by atoms with Crippen molar-refractivity contribution in [1.82, 2.24) is 0 Å². The third-order valence-electron chi connectivity index (χ3n) is 4.78. The molecule has 0 saturated heterocycles. The largest absolute Gasteiger partial charge is 0.470 e. The number of fused-ring (bicyclic) bond motifs is 2. The summed E-state index contributed by atoms with van der Waals surface area (Å²) in [4.78, 5) is 0. The van der Waals surface area contributed by atoms with E-state index >= 15 is 0 Å². The number of nitrogens with two attached hydrogens (primary N) is 1. The topological polar surface area (TPSA) is 59.0 Å². The van der Waals surface area contributed by atoms with E-state index in [0.29, 0.717) is 10.6 Å². The molecule has 0 amide bonds. The molecule has 0 aromatic heterocycles. The molecule has 1 aliphatic heterocycles. The molecule has 1 heterocycles. The molecule has 2 aliphatic rings. The van der Waals surface area contributed by atoms with Crippen LogP contribution in [0.5, 0.6) is 0 Å². The number of halogens is 1. The Morgan fingerprint density at radius 3 is 2.64 bits per heavy atom. The Bertz CT molecular complexity index is 964. The van der Waals surface area contributed by atoms with E-state index in [9.17, 15) is 5.26 Å². The van der Waals surface area contributed by atoms with Crippen LogP contribution >= 0.6 is 11.6 Å². The number of hydrogen-bond acceptors (Lipinski definition) is 3. The quantitative estimate of drug-likeness (QED) is 0.819. The van der Waals surface area contributed by atoms with Gasteiger partial charge in [0.05, 0.1) is 5.57 Å². The van der Waals surface area contributed by atoms with Gasteiger partial charge in [0.1, 0.15) is 11.8 Å². The number of benzene rings is 2. The van der Waals surface area contributed by atoms with E-state index < -0.39 is 6.23 Å². The Kier molecular flexibility index (Phi) is 3.88. The van der Waals surface area contributed by atoms with Gasteiger partial charge in [-0.3, -0.25) is 5.73 Å². The van der Waals surface area contributed by atoms with E-state index in [-0.39, 0.29) is 0 Å². The minimum atomic E-state index is -0.762. The van der Waals surface area contributed by atoms with Gasteiger partial charge in [0.15, 0.2) is 6.23 Å². The number of hydrogen-bond donors (Lipinski definition) is 1. The van der Waals surface area contributed by atoms with Gasteiger partial charge in [-0.05, 0) is 43.0 Å². The van der Waals surface area contributed by atoms with Crippen LogP contribution in [0.25, 0.3) is 11.3 Å². The molecule has 1 atom stereocenters. The van der Waals surface area contributed by atoms with Crippen molar-refractivity contribution in [3.8, 4) is 6.07 Å². The molecule has 0 fully saturated rings. The molecule has 0 radical (unpaired) electrons. The maximum atomic E-state index is 9.65. The number of rotatable bonds is 1. The molecule has 2 aromatic rings. The van der Waals surface area contributed by atoms with Crippen LogP contribution in [0.1, 0.15) is 28.7 Å². The maximum absolute atomic E-state index is 9.65. The lowest BCUT2D eigenvalue weighted by atomic mass is 9.81. The normalized spacial score (nSPS) is 19.0. The van der Waals surface area contributed by atoms with Gasteiger partial charge in [0.2, 0.25) is 0 Å². The Morgan fingerprint density at radius 2 is 1.92 bits per heavy atom. The smallest absolute Gasteiger partial charge is 0.184 e. The van der Waals surface area contributed by atoms with Crippen LogP contribution in [0.2, 0.25) is 5.02 Å². The zero-order valence-corrected chi connectivity index (χ0v) is 14.6. The lowest BCUT2D eigenvalue weighted by molar-refractivity contribution is 0.205. The fraction of sp³-hybridized carbons (Fsp3) is 0.190. The molecule has 2 N–H and O–H groups in total. The second-order valence-electron chi connectivity index (χ2n) is 6.41. The van der Waals surface area contributed by atoms with Gasteiger partial charge in [-0.25, -0.2) is 0 Å². The van der Waals surface area contributed by atoms with E-state index in [4.69, 9.17) is 22.1 Å². The molecule has 4 rings (SSSR count). The highest BCUT2D eigenvalue weighted by Crippen LogP contribution is 2.44. The first-order chi connectivity index (χ1) is 12.1. The average Bonchev–Trinajstić information content (AvgIpc) is 2.61. The molecular weight excluding hydrogens is 332 g/mol. The zero-order chi connectivity index (χ0) is 17.6. The lowest BCUT2D eigenvalue weighted by Gasteiger charge is -2.32. The fourth-order valence-corrected chi connectivity index (χ4v) is 3.74. The molecule has 4 heteroatoms. The summed E-state index contributed by atoms with van der Waals surface area (Å²) >= 11 is 6.03. The van der Waals surface area contributed by atoms with Gasteiger partial charge in [0.25, 0.3) is 0 Å². The first kappa shape index (κ1) is 16.0. The van der Waals surface area contributed by atoms with E-state index in [2.05, 4.69) is 31.2 Å². The van der Waals surface area contributed by atoms with Crippen molar-refractivity contribution in [2.75, 3.05) is 0 Å². The van der Waals surface area contributed by atoms with Crippen LogP contribution in [-0.2, 0) is 11.2 Å². The first-order valence-corrected chi connectivity index (χ1v) is 8.62. The number of allylic oxidation sites excluding steroid dienone is 2. The standard InChI is InChI=1S/C21H17ClN2O/c1-12-2-8-16-14(10-12)5-9-17-19(13-3-6-15(22)7-4-13)18(11-23)21(24)25-20(16)17/h2-4,6-8,10,21H,5,9,24H2,1H3. The van der Waals surface area contributed by atoms with Crippen LogP contribution in [0, 0.1) is 18.3 Å². The summed E-state index contributed by atoms with van der Waals surface area (Å²) in [6.07, 6.45) is 0.980. The molecule has 1 aliphatic carbocycles. The van der Waals surface area contributed by atoms with Gasteiger partial charge >= 0.3 is 0 Å². The third-order valence-corrected chi connectivity index (χ3v) is 5.03. The Labute approximate surface area is 152 Å². The Hall–Kier alpha value is -2.54. The fourth-order valence-electron chi connectivity index (χ4n) is 3.62. The lowest BCUT2D eigenvalue weighted by Crippen LogP contribution is -2.31. The highest BCUT2D eigenvalue weighted by Gasteiger charge is 2.33. The number of aryl methyl sites for hydroxylation is 2. The van der Waals surface area contributed by atoms with E-state index in [1.54, 1.807) is 0 Å². The van der Waals surface area contributed by atoms with Crippen LogP contribution in [0.3, 0.4) is 0 Å². The van der Waals surface area contributed by atoms with Crippen molar-refractivity contribution >= 4 is 22.9 Å². The molecule has 0 saturated carbocycles. The predicted octanol–water partition coefficient (Wildman–Crippen LogP) is 4.60. The van der Waals surface area contributed by atoms with Crippen molar-refractivity contribution < 1.29 is 4.74 Å². The van der Waals surface area contributed by atoms with Crippen molar-refractivity contribution in [3.05, 3.63) is 80.9 Å². The summed E-state index contributed by atoms with van der Waals surface area (Å²) in [7, 11) is 0. The number of ether oxygens (including phenoxy) is 1. The Morgan fingerprint density at radius 1 is 1.16 bits per heavy atom. The minimum Gasteiger partial charge on any atom is -0.470 e. The van der Waals surface area contributed by atoms with Crippen molar-refractivity contribution in [3.63, 3.8) is 0 Å². The molecule has 1 unspecified atom stereocenters. The average molecular weight is 349 g/mol. The first-order valence-electron chi connectivity index (χ1n) is 8.24. The van der Waals surface area contributed by atoms with Crippen molar-refractivity contribution in [2.45, 2.75) is 26.0 Å².